The molecule has 0 bridgehead atoms. The number of aromatic amines is 1. The van der Waals surface area contributed by atoms with Gasteiger partial charge in [-0.2, -0.15) is 0 Å². The van der Waals surface area contributed by atoms with Gasteiger partial charge < -0.3 is 10.7 Å². The van der Waals surface area contributed by atoms with E-state index in [2.05, 4.69) is 42.0 Å². The molecule has 3 nitrogen and oxygen atoms in total. The van der Waals surface area contributed by atoms with Gasteiger partial charge in [0.1, 0.15) is 0 Å². The third kappa shape index (κ3) is 2.00. The van der Waals surface area contributed by atoms with Crippen LogP contribution in [0, 0.1) is 5.92 Å². The summed E-state index contributed by atoms with van der Waals surface area (Å²) in [6.45, 7) is 5.12. The molecule has 0 aliphatic carbocycles. The molecular weight excluding hydrogens is 234 g/mol. The minimum atomic E-state index is 0.411. The molecule has 3 rings (SSSR count). The normalized spacial score (nSPS) is 13.5. The largest absolute Gasteiger partial charge is 0.354 e. The third-order valence-electron chi connectivity index (χ3n) is 3.91. The molecule has 0 amide bonds. The SMILES string of the molecule is CC(C)C(CN)c1ccc2c(c1)[nH]c1ccncc12. The molecule has 0 saturated carbocycles. The molecule has 0 spiro atoms. The lowest BCUT2D eigenvalue weighted by Crippen LogP contribution is -2.17. The number of nitrogens with one attached hydrogen (secondary N) is 1. The molecule has 3 aromatic rings. The van der Waals surface area contributed by atoms with E-state index in [0.29, 0.717) is 18.4 Å². The second-order valence-electron chi connectivity index (χ2n) is 5.44. The molecule has 19 heavy (non-hydrogen) atoms. The Hall–Kier alpha value is -1.87. The molecule has 98 valence electrons. The van der Waals surface area contributed by atoms with Crippen molar-refractivity contribution in [2.75, 3.05) is 6.54 Å². The monoisotopic (exact) mass is 253 g/mol. The van der Waals surface area contributed by atoms with Crippen LogP contribution in [0.25, 0.3) is 21.8 Å². The number of hydrogen-bond acceptors (Lipinski definition) is 2. The van der Waals surface area contributed by atoms with E-state index in [9.17, 15) is 0 Å². The molecule has 3 heteroatoms. The molecule has 1 aromatic carbocycles. The number of benzene rings is 1. The van der Waals surface area contributed by atoms with Crippen LogP contribution >= 0.6 is 0 Å². The summed E-state index contributed by atoms with van der Waals surface area (Å²) in [5.74, 6) is 0.961. The minimum absolute atomic E-state index is 0.411. The quantitative estimate of drug-likeness (QED) is 0.751. The van der Waals surface area contributed by atoms with Crippen LogP contribution in [0.1, 0.15) is 25.3 Å². The Morgan fingerprint density at radius 1 is 1.16 bits per heavy atom. The van der Waals surface area contributed by atoms with Gasteiger partial charge in [-0.1, -0.05) is 26.0 Å². The molecule has 0 saturated heterocycles. The average Bonchev–Trinajstić information content (AvgIpc) is 2.76. The van der Waals surface area contributed by atoms with Crippen LogP contribution in [-0.4, -0.2) is 16.5 Å². The zero-order valence-corrected chi connectivity index (χ0v) is 11.4. The highest BCUT2D eigenvalue weighted by atomic mass is 14.7. The van der Waals surface area contributed by atoms with E-state index < -0.39 is 0 Å². The summed E-state index contributed by atoms with van der Waals surface area (Å²) in [7, 11) is 0. The zero-order chi connectivity index (χ0) is 13.4. The second-order valence-corrected chi connectivity index (χ2v) is 5.44. The first kappa shape index (κ1) is 12.2. The number of pyridine rings is 1. The fourth-order valence-electron chi connectivity index (χ4n) is 2.79. The predicted octanol–water partition coefficient (Wildman–Crippen LogP) is 3.41. The van der Waals surface area contributed by atoms with Crippen LogP contribution in [0.5, 0.6) is 0 Å². The summed E-state index contributed by atoms with van der Waals surface area (Å²) in [4.78, 5) is 7.65. The van der Waals surface area contributed by atoms with E-state index in [-0.39, 0.29) is 0 Å². The molecule has 3 N–H and O–H groups in total. The molecular formula is C16H19N3. The van der Waals surface area contributed by atoms with E-state index in [1.54, 1.807) is 0 Å². The first-order chi connectivity index (χ1) is 9.20. The van der Waals surface area contributed by atoms with Crippen molar-refractivity contribution in [2.45, 2.75) is 19.8 Å². The highest BCUT2D eigenvalue weighted by Gasteiger charge is 2.15. The van der Waals surface area contributed by atoms with Gasteiger partial charge in [0.15, 0.2) is 0 Å². The number of nitrogens with two attached hydrogens (primary N) is 1. The second kappa shape index (κ2) is 4.67. The summed E-state index contributed by atoms with van der Waals surface area (Å²) in [5, 5.41) is 2.41. The van der Waals surface area contributed by atoms with E-state index >= 15 is 0 Å². The predicted molar refractivity (Wildman–Crippen MR) is 80.2 cm³/mol. The lowest BCUT2D eigenvalue weighted by Gasteiger charge is -2.19. The van der Waals surface area contributed by atoms with Crippen LogP contribution in [0.15, 0.2) is 36.7 Å². The number of fused-ring (bicyclic) bond motifs is 3. The van der Waals surface area contributed by atoms with Crippen molar-refractivity contribution in [1.82, 2.24) is 9.97 Å². The van der Waals surface area contributed by atoms with Gasteiger partial charge in [-0.05, 0) is 36.1 Å². The highest BCUT2D eigenvalue weighted by Crippen LogP contribution is 2.29. The molecule has 1 unspecified atom stereocenters. The Morgan fingerprint density at radius 3 is 2.74 bits per heavy atom. The number of H-pyrrole nitrogens is 1. The number of hydrogen-bond donors (Lipinski definition) is 2. The van der Waals surface area contributed by atoms with Gasteiger partial charge in [-0.15, -0.1) is 0 Å². The van der Waals surface area contributed by atoms with Crippen molar-refractivity contribution < 1.29 is 0 Å². The first-order valence-electron chi connectivity index (χ1n) is 6.76. The van der Waals surface area contributed by atoms with Gasteiger partial charge in [-0.25, -0.2) is 0 Å². The Balaban J connectivity index is 2.18. The van der Waals surface area contributed by atoms with E-state index in [0.717, 1.165) is 5.52 Å². The zero-order valence-electron chi connectivity index (χ0n) is 11.4. The van der Waals surface area contributed by atoms with Gasteiger partial charge >= 0.3 is 0 Å². The lowest BCUT2D eigenvalue weighted by molar-refractivity contribution is 0.507. The highest BCUT2D eigenvalue weighted by molar-refractivity contribution is 6.06. The Bertz CT molecular complexity index is 712. The van der Waals surface area contributed by atoms with Crippen LogP contribution in [0.4, 0.5) is 0 Å². The van der Waals surface area contributed by atoms with Crippen LogP contribution in [-0.2, 0) is 0 Å². The van der Waals surface area contributed by atoms with Gasteiger partial charge in [0, 0.05) is 34.2 Å². The van der Waals surface area contributed by atoms with E-state index in [4.69, 9.17) is 5.73 Å². The van der Waals surface area contributed by atoms with Crippen molar-refractivity contribution in [3.05, 3.63) is 42.2 Å². The van der Waals surface area contributed by atoms with Gasteiger partial charge in [-0.3, -0.25) is 4.98 Å². The first-order valence-corrected chi connectivity index (χ1v) is 6.76. The van der Waals surface area contributed by atoms with Crippen molar-refractivity contribution in [3.63, 3.8) is 0 Å². The Morgan fingerprint density at radius 2 is 2.00 bits per heavy atom. The molecule has 2 heterocycles. The van der Waals surface area contributed by atoms with Crippen molar-refractivity contribution in [3.8, 4) is 0 Å². The number of rotatable bonds is 3. The van der Waals surface area contributed by atoms with Gasteiger partial charge in [0.2, 0.25) is 0 Å². The topological polar surface area (TPSA) is 54.7 Å². The maximum absolute atomic E-state index is 5.90. The summed E-state index contributed by atoms with van der Waals surface area (Å²) in [6, 6.07) is 8.61. The molecule has 2 aromatic heterocycles. The van der Waals surface area contributed by atoms with E-state index in [1.807, 2.05) is 18.5 Å². The number of nitrogens with zero attached hydrogens (tertiary/aromatic N) is 1. The Labute approximate surface area is 112 Å². The fourth-order valence-corrected chi connectivity index (χ4v) is 2.79. The van der Waals surface area contributed by atoms with Gasteiger partial charge in [0.25, 0.3) is 0 Å². The summed E-state index contributed by atoms with van der Waals surface area (Å²) in [5.41, 5.74) is 9.52. The maximum atomic E-state index is 5.90. The summed E-state index contributed by atoms with van der Waals surface area (Å²) < 4.78 is 0. The van der Waals surface area contributed by atoms with Crippen molar-refractivity contribution >= 4 is 21.8 Å². The lowest BCUT2D eigenvalue weighted by atomic mass is 9.88. The molecule has 1 atom stereocenters. The molecule has 0 radical (unpaired) electrons. The van der Waals surface area contributed by atoms with E-state index in [1.165, 1.54) is 21.9 Å². The van der Waals surface area contributed by atoms with Crippen LogP contribution in [0.3, 0.4) is 0 Å². The van der Waals surface area contributed by atoms with Crippen LogP contribution < -0.4 is 5.73 Å². The van der Waals surface area contributed by atoms with Crippen molar-refractivity contribution in [1.29, 1.82) is 0 Å². The number of aromatic nitrogens is 2. The van der Waals surface area contributed by atoms with Crippen molar-refractivity contribution in [2.24, 2.45) is 11.7 Å². The van der Waals surface area contributed by atoms with Gasteiger partial charge in [0.05, 0.1) is 0 Å². The average molecular weight is 253 g/mol. The Kier molecular flexibility index (Phi) is 2.99. The third-order valence-corrected chi connectivity index (χ3v) is 3.91. The summed E-state index contributed by atoms with van der Waals surface area (Å²) in [6.07, 6.45) is 3.73. The molecule has 0 fully saturated rings. The summed E-state index contributed by atoms with van der Waals surface area (Å²) >= 11 is 0. The fraction of sp³-hybridized carbons (Fsp3) is 0.312. The van der Waals surface area contributed by atoms with Crippen LogP contribution in [0.2, 0.25) is 0 Å². The standard InChI is InChI=1S/C16H19N3/c1-10(2)13(8-17)11-3-4-12-14-9-18-6-5-15(14)19-16(12)7-11/h3-7,9-10,13,19H,8,17H2,1-2H3. The molecule has 0 aliphatic rings. The molecule has 0 aliphatic heterocycles. The minimum Gasteiger partial charge on any atom is -0.354 e. The smallest absolute Gasteiger partial charge is 0.0495 e. The maximum Gasteiger partial charge on any atom is 0.0495 e.